The number of carbonyl (C=O) groups excluding carboxylic acids is 1. The summed E-state index contributed by atoms with van der Waals surface area (Å²) < 4.78 is 29.1. The summed E-state index contributed by atoms with van der Waals surface area (Å²) in [5, 5.41) is 1.14. The van der Waals surface area contributed by atoms with Crippen LogP contribution in [-0.4, -0.2) is 47.6 Å². The van der Waals surface area contributed by atoms with Gasteiger partial charge in [-0.05, 0) is 60.7 Å². The number of halogens is 1. The number of para-hydroxylation sites is 1. The van der Waals surface area contributed by atoms with Crippen LogP contribution in [0, 0.1) is 0 Å². The Labute approximate surface area is 220 Å². The quantitative estimate of drug-likeness (QED) is 0.281. The van der Waals surface area contributed by atoms with Crippen LogP contribution in [0.15, 0.2) is 94.4 Å². The Bertz CT molecular complexity index is 1450. The fraction of sp³-hybridized carbons (Fsp3) is 0.250. The molecule has 1 saturated carbocycles. The second-order valence-electron chi connectivity index (χ2n) is 9.15. The van der Waals surface area contributed by atoms with Gasteiger partial charge >= 0.3 is 0 Å². The summed E-state index contributed by atoms with van der Waals surface area (Å²) in [6, 6.07) is 24.4. The zero-order valence-corrected chi connectivity index (χ0v) is 22.2. The lowest BCUT2D eigenvalue weighted by Crippen LogP contribution is -2.44. The molecule has 1 N–H and O–H groups in total. The molecule has 1 aromatic heterocycles. The van der Waals surface area contributed by atoms with Gasteiger partial charge in [-0.15, -0.1) is 0 Å². The number of carbonyl (C=O) groups is 1. The topological polar surface area (TPSA) is 73.5 Å². The highest BCUT2D eigenvalue weighted by Crippen LogP contribution is 2.32. The van der Waals surface area contributed by atoms with Crippen LogP contribution in [0.1, 0.15) is 24.0 Å². The highest BCUT2D eigenvalue weighted by atomic mass is 79.9. The molecular weight excluding hydrogens is 538 g/mol. The van der Waals surface area contributed by atoms with Crippen LogP contribution in [-0.2, 0) is 27.8 Å². The maximum absolute atomic E-state index is 13.6. The Balaban J connectivity index is 1.37. The molecule has 0 atom stereocenters. The molecule has 4 aromatic rings. The number of aromatic nitrogens is 1. The van der Waals surface area contributed by atoms with E-state index < -0.39 is 10.0 Å². The SMILES string of the molecule is O=C(CN(C1CC1)S(=O)(=O)c1ccc(Br)cc1)N(CCc1c[nH]c2ccccc12)Cc1ccccc1. The van der Waals surface area contributed by atoms with E-state index in [0.29, 0.717) is 19.5 Å². The van der Waals surface area contributed by atoms with Gasteiger partial charge < -0.3 is 9.88 Å². The number of H-pyrrole nitrogens is 1. The van der Waals surface area contributed by atoms with E-state index in [0.717, 1.165) is 39.3 Å². The molecule has 0 bridgehead atoms. The van der Waals surface area contributed by atoms with Crippen molar-refractivity contribution in [2.24, 2.45) is 0 Å². The molecule has 0 radical (unpaired) electrons. The number of fused-ring (bicyclic) bond motifs is 1. The minimum atomic E-state index is -3.78. The summed E-state index contributed by atoms with van der Waals surface area (Å²) in [6.45, 7) is 0.759. The van der Waals surface area contributed by atoms with Gasteiger partial charge in [0.05, 0.1) is 11.4 Å². The van der Waals surface area contributed by atoms with E-state index in [1.54, 1.807) is 29.2 Å². The van der Waals surface area contributed by atoms with Gasteiger partial charge in [0, 0.05) is 40.7 Å². The minimum absolute atomic E-state index is 0.130. The molecule has 5 rings (SSSR count). The second kappa shape index (κ2) is 10.6. The van der Waals surface area contributed by atoms with Crippen LogP contribution in [0.4, 0.5) is 0 Å². The Hall–Kier alpha value is -2.94. The Morgan fingerprint density at radius 2 is 1.64 bits per heavy atom. The van der Waals surface area contributed by atoms with Crippen LogP contribution >= 0.6 is 15.9 Å². The van der Waals surface area contributed by atoms with Gasteiger partial charge in [-0.1, -0.05) is 64.5 Å². The molecule has 8 heteroatoms. The molecule has 1 aliphatic rings. The molecule has 0 spiro atoms. The van der Waals surface area contributed by atoms with Gasteiger partial charge in [0.1, 0.15) is 0 Å². The first kappa shape index (κ1) is 24.7. The third-order valence-corrected chi connectivity index (χ3v) is 9.00. The summed E-state index contributed by atoms with van der Waals surface area (Å²) in [7, 11) is -3.78. The highest BCUT2D eigenvalue weighted by molar-refractivity contribution is 9.10. The molecule has 1 heterocycles. The van der Waals surface area contributed by atoms with Crippen molar-refractivity contribution in [2.75, 3.05) is 13.1 Å². The lowest BCUT2D eigenvalue weighted by Gasteiger charge is -2.27. The lowest BCUT2D eigenvalue weighted by atomic mass is 10.1. The predicted octanol–water partition coefficient (Wildman–Crippen LogP) is 5.36. The van der Waals surface area contributed by atoms with Crippen molar-refractivity contribution in [3.05, 3.63) is 101 Å². The van der Waals surface area contributed by atoms with Gasteiger partial charge in [-0.2, -0.15) is 4.31 Å². The standard InChI is InChI=1S/C28H28BrN3O3S/c29-23-10-14-25(15-11-23)36(34,35)32(24-12-13-24)20-28(33)31(19-21-6-2-1-3-7-21)17-16-22-18-30-27-9-5-4-8-26(22)27/h1-11,14-15,18,24,30H,12-13,16-17,19-20H2. The van der Waals surface area contributed by atoms with Gasteiger partial charge in [0.15, 0.2) is 0 Å². The Morgan fingerprint density at radius 3 is 2.36 bits per heavy atom. The average Bonchev–Trinajstić information content (AvgIpc) is 3.65. The number of hydrogen-bond acceptors (Lipinski definition) is 3. The number of hydrogen-bond donors (Lipinski definition) is 1. The zero-order valence-electron chi connectivity index (χ0n) is 19.8. The minimum Gasteiger partial charge on any atom is -0.361 e. The number of benzene rings is 3. The summed E-state index contributed by atoms with van der Waals surface area (Å²) in [5.74, 6) is -0.189. The first-order chi connectivity index (χ1) is 17.4. The van der Waals surface area contributed by atoms with E-state index in [1.165, 1.54) is 4.31 Å². The molecule has 0 unspecified atom stereocenters. The monoisotopic (exact) mass is 565 g/mol. The second-order valence-corrected chi connectivity index (χ2v) is 12.0. The number of rotatable bonds is 10. The summed E-state index contributed by atoms with van der Waals surface area (Å²) in [6.07, 6.45) is 4.21. The normalized spacial score (nSPS) is 13.8. The van der Waals surface area contributed by atoms with Crippen molar-refractivity contribution >= 4 is 42.8 Å². The van der Waals surface area contributed by atoms with E-state index in [9.17, 15) is 13.2 Å². The Kier molecular flexibility index (Phi) is 7.27. The van der Waals surface area contributed by atoms with Crippen molar-refractivity contribution in [3.63, 3.8) is 0 Å². The lowest BCUT2D eigenvalue weighted by molar-refractivity contribution is -0.132. The molecule has 186 valence electrons. The van der Waals surface area contributed by atoms with Gasteiger partial charge in [-0.25, -0.2) is 8.42 Å². The molecule has 1 amide bonds. The van der Waals surface area contributed by atoms with E-state index >= 15 is 0 Å². The number of sulfonamides is 1. The maximum Gasteiger partial charge on any atom is 0.243 e. The molecule has 0 saturated heterocycles. The third kappa shape index (κ3) is 5.56. The molecule has 36 heavy (non-hydrogen) atoms. The first-order valence-corrected chi connectivity index (χ1v) is 14.3. The van der Waals surface area contributed by atoms with Crippen LogP contribution in [0.5, 0.6) is 0 Å². The summed E-state index contributed by atoms with van der Waals surface area (Å²) >= 11 is 3.36. The van der Waals surface area contributed by atoms with E-state index in [-0.39, 0.29) is 23.4 Å². The van der Waals surface area contributed by atoms with Gasteiger partial charge in [0.2, 0.25) is 15.9 Å². The van der Waals surface area contributed by atoms with Crippen molar-refractivity contribution in [2.45, 2.75) is 36.7 Å². The average molecular weight is 567 g/mol. The van der Waals surface area contributed by atoms with Gasteiger partial charge in [-0.3, -0.25) is 4.79 Å². The van der Waals surface area contributed by atoms with E-state index in [2.05, 4.69) is 27.0 Å². The van der Waals surface area contributed by atoms with Crippen molar-refractivity contribution in [3.8, 4) is 0 Å². The first-order valence-electron chi connectivity index (χ1n) is 12.1. The molecule has 3 aromatic carbocycles. The smallest absolute Gasteiger partial charge is 0.243 e. The van der Waals surface area contributed by atoms with Crippen LogP contribution in [0.2, 0.25) is 0 Å². The van der Waals surface area contributed by atoms with Crippen molar-refractivity contribution in [1.29, 1.82) is 0 Å². The molecule has 6 nitrogen and oxygen atoms in total. The van der Waals surface area contributed by atoms with Crippen molar-refractivity contribution in [1.82, 2.24) is 14.2 Å². The van der Waals surface area contributed by atoms with Gasteiger partial charge in [0.25, 0.3) is 0 Å². The molecular formula is C28H28BrN3O3S. The highest BCUT2D eigenvalue weighted by Gasteiger charge is 2.40. The van der Waals surface area contributed by atoms with E-state index in [1.807, 2.05) is 54.7 Å². The molecule has 1 fully saturated rings. The number of aromatic amines is 1. The van der Waals surface area contributed by atoms with E-state index in [4.69, 9.17) is 0 Å². The largest absolute Gasteiger partial charge is 0.361 e. The summed E-state index contributed by atoms with van der Waals surface area (Å²) in [5.41, 5.74) is 3.21. The number of nitrogens with zero attached hydrogens (tertiary/aromatic N) is 2. The summed E-state index contributed by atoms with van der Waals surface area (Å²) in [4.78, 5) is 18.9. The molecule has 1 aliphatic carbocycles. The zero-order chi connectivity index (χ0) is 25.1. The fourth-order valence-electron chi connectivity index (χ4n) is 4.44. The number of amides is 1. The maximum atomic E-state index is 13.6. The Morgan fingerprint density at radius 1 is 0.944 bits per heavy atom. The van der Waals surface area contributed by atoms with Crippen LogP contribution in [0.3, 0.4) is 0 Å². The molecule has 0 aliphatic heterocycles. The predicted molar refractivity (Wildman–Crippen MR) is 145 cm³/mol. The van der Waals surface area contributed by atoms with Crippen molar-refractivity contribution < 1.29 is 13.2 Å². The van der Waals surface area contributed by atoms with Crippen LogP contribution < -0.4 is 0 Å². The fourth-order valence-corrected chi connectivity index (χ4v) is 6.34. The van der Waals surface area contributed by atoms with Crippen LogP contribution in [0.25, 0.3) is 10.9 Å². The number of nitrogens with one attached hydrogen (secondary N) is 1. The third-order valence-electron chi connectivity index (χ3n) is 6.56.